The molecule has 0 atom stereocenters. The summed E-state index contributed by atoms with van der Waals surface area (Å²) >= 11 is 0. The van der Waals surface area contributed by atoms with Crippen LogP contribution in [0, 0.1) is 12.3 Å². The van der Waals surface area contributed by atoms with Crippen molar-refractivity contribution < 1.29 is 4.42 Å². The van der Waals surface area contributed by atoms with E-state index in [1.54, 1.807) is 6.26 Å². The minimum absolute atomic E-state index is 0.447. The Kier molecular flexibility index (Phi) is 6.20. The SMILES string of the molecule is C#CCNC(=NCC(=C)C)NCCc1ccco1. The van der Waals surface area contributed by atoms with Gasteiger partial charge in [-0.3, -0.25) is 0 Å². The van der Waals surface area contributed by atoms with E-state index in [4.69, 9.17) is 10.8 Å². The number of hydrogen-bond donors (Lipinski definition) is 2. The van der Waals surface area contributed by atoms with Crippen molar-refractivity contribution in [3.63, 3.8) is 0 Å². The summed E-state index contributed by atoms with van der Waals surface area (Å²) in [6, 6.07) is 3.82. The molecule has 1 heterocycles. The number of rotatable bonds is 6. The fourth-order valence-corrected chi connectivity index (χ4v) is 1.28. The third-order valence-electron chi connectivity index (χ3n) is 2.11. The molecule has 0 saturated carbocycles. The summed E-state index contributed by atoms with van der Waals surface area (Å²) in [5.41, 5.74) is 1.00. The number of furan rings is 1. The van der Waals surface area contributed by atoms with E-state index >= 15 is 0 Å². The molecule has 4 nitrogen and oxygen atoms in total. The quantitative estimate of drug-likeness (QED) is 0.346. The van der Waals surface area contributed by atoms with E-state index in [2.05, 4.69) is 28.1 Å². The van der Waals surface area contributed by atoms with Gasteiger partial charge in [0.05, 0.1) is 19.4 Å². The minimum Gasteiger partial charge on any atom is -0.469 e. The Morgan fingerprint density at radius 2 is 2.39 bits per heavy atom. The summed E-state index contributed by atoms with van der Waals surface area (Å²) in [5.74, 6) is 4.16. The smallest absolute Gasteiger partial charge is 0.192 e. The first-order valence-electron chi connectivity index (χ1n) is 5.84. The molecule has 1 aromatic rings. The molecule has 1 rings (SSSR count). The van der Waals surface area contributed by atoms with Crippen molar-refractivity contribution in [1.82, 2.24) is 10.6 Å². The van der Waals surface area contributed by atoms with Crippen molar-refractivity contribution in [1.29, 1.82) is 0 Å². The first kappa shape index (κ1) is 13.9. The molecule has 18 heavy (non-hydrogen) atoms. The molecule has 0 bridgehead atoms. The highest BCUT2D eigenvalue weighted by Gasteiger charge is 1.99. The van der Waals surface area contributed by atoms with E-state index in [1.165, 1.54) is 0 Å². The van der Waals surface area contributed by atoms with Crippen molar-refractivity contribution >= 4 is 5.96 Å². The number of hydrogen-bond acceptors (Lipinski definition) is 2. The second kappa shape index (κ2) is 8.02. The van der Waals surface area contributed by atoms with Crippen LogP contribution in [0.4, 0.5) is 0 Å². The molecule has 0 amide bonds. The zero-order valence-electron chi connectivity index (χ0n) is 10.7. The Morgan fingerprint density at radius 3 is 3.00 bits per heavy atom. The molecule has 96 valence electrons. The number of guanidine groups is 1. The number of terminal acetylenes is 1. The van der Waals surface area contributed by atoms with Crippen LogP contribution in [0.5, 0.6) is 0 Å². The second-order valence-electron chi connectivity index (χ2n) is 3.94. The lowest BCUT2D eigenvalue weighted by Gasteiger charge is -2.10. The third kappa shape index (κ3) is 5.80. The van der Waals surface area contributed by atoms with Gasteiger partial charge in [0.2, 0.25) is 0 Å². The van der Waals surface area contributed by atoms with Gasteiger partial charge in [0.15, 0.2) is 5.96 Å². The lowest BCUT2D eigenvalue weighted by atomic mass is 10.3. The summed E-state index contributed by atoms with van der Waals surface area (Å²) < 4.78 is 5.25. The molecule has 0 aromatic carbocycles. The summed E-state index contributed by atoms with van der Waals surface area (Å²) in [4.78, 5) is 4.35. The maximum absolute atomic E-state index is 5.25. The summed E-state index contributed by atoms with van der Waals surface area (Å²) in [6.45, 7) is 7.51. The van der Waals surface area contributed by atoms with E-state index in [0.717, 1.165) is 24.3 Å². The van der Waals surface area contributed by atoms with Gasteiger partial charge in [-0.05, 0) is 19.1 Å². The lowest BCUT2D eigenvalue weighted by Crippen LogP contribution is -2.38. The molecule has 0 fully saturated rings. The number of nitrogens with one attached hydrogen (secondary N) is 2. The molecular formula is C14H19N3O. The van der Waals surface area contributed by atoms with Crippen LogP contribution in [0.15, 0.2) is 40.0 Å². The highest BCUT2D eigenvalue weighted by Crippen LogP contribution is 1.99. The largest absolute Gasteiger partial charge is 0.469 e. The van der Waals surface area contributed by atoms with Crippen LogP contribution in [-0.2, 0) is 6.42 Å². The summed E-state index contributed by atoms with van der Waals surface area (Å²) in [7, 11) is 0. The Balaban J connectivity index is 2.38. The zero-order chi connectivity index (χ0) is 13.2. The van der Waals surface area contributed by atoms with E-state index < -0.39 is 0 Å². The van der Waals surface area contributed by atoms with E-state index in [9.17, 15) is 0 Å². The van der Waals surface area contributed by atoms with Crippen LogP contribution in [0.2, 0.25) is 0 Å². The average Bonchev–Trinajstić information content (AvgIpc) is 2.84. The molecule has 2 N–H and O–H groups in total. The van der Waals surface area contributed by atoms with Crippen molar-refractivity contribution in [2.24, 2.45) is 4.99 Å². The maximum atomic E-state index is 5.25. The number of nitrogens with zero attached hydrogens (tertiary/aromatic N) is 1. The van der Waals surface area contributed by atoms with Gasteiger partial charge in [-0.1, -0.05) is 18.1 Å². The van der Waals surface area contributed by atoms with Crippen LogP contribution in [-0.4, -0.2) is 25.6 Å². The highest BCUT2D eigenvalue weighted by molar-refractivity contribution is 5.80. The van der Waals surface area contributed by atoms with Crippen molar-refractivity contribution in [2.75, 3.05) is 19.6 Å². The molecule has 0 aliphatic carbocycles. The number of aliphatic imine (C=N–C) groups is 1. The van der Waals surface area contributed by atoms with Gasteiger partial charge in [-0.2, -0.15) is 0 Å². The van der Waals surface area contributed by atoms with Crippen LogP contribution >= 0.6 is 0 Å². The van der Waals surface area contributed by atoms with Gasteiger partial charge in [0.25, 0.3) is 0 Å². The normalized spacial score (nSPS) is 10.8. The van der Waals surface area contributed by atoms with Crippen molar-refractivity contribution in [3.05, 3.63) is 36.3 Å². The van der Waals surface area contributed by atoms with E-state index in [0.29, 0.717) is 19.0 Å². The molecular weight excluding hydrogens is 226 g/mol. The van der Waals surface area contributed by atoms with E-state index in [-0.39, 0.29) is 0 Å². The molecule has 1 aromatic heterocycles. The van der Waals surface area contributed by atoms with Crippen LogP contribution < -0.4 is 10.6 Å². The molecule has 0 aliphatic heterocycles. The molecule has 0 saturated heterocycles. The zero-order valence-corrected chi connectivity index (χ0v) is 10.7. The standard InChI is InChI=1S/C14H19N3O/c1-4-8-15-14(17-11-12(2)3)16-9-7-13-6-5-10-18-13/h1,5-6,10H,2,7-9,11H2,3H3,(H2,15,16,17). The Morgan fingerprint density at radius 1 is 1.56 bits per heavy atom. The topological polar surface area (TPSA) is 49.6 Å². The maximum Gasteiger partial charge on any atom is 0.192 e. The molecule has 0 radical (unpaired) electrons. The lowest BCUT2D eigenvalue weighted by molar-refractivity contribution is 0.507. The summed E-state index contributed by atoms with van der Waals surface area (Å²) in [6.07, 6.45) is 7.68. The van der Waals surface area contributed by atoms with Crippen LogP contribution in [0.3, 0.4) is 0 Å². The Hall–Kier alpha value is -2.15. The molecule has 4 heteroatoms. The van der Waals surface area contributed by atoms with Crippen LogP contribution in [0.1, 0.15) is 12.7 Å². The predicted octanol–water partition coefficient (Wildman–Crippen LogP) is 1.57. The molecule has 0 unspecified atom stereocenters. The van der Waals surface area contributed by atoms with Crippen molar-refractivity contribution in [2.45, 2.75) is 13.3 Å². The first-order chi connectivity index (χ1) is 8.72. The van der Waals surface area contributed by atoms with Gasteiger partial charge >= 0.3 is 0 Å². The van der Waals surface area contributed by atoms with Gasteiger partial charge in [0.1, 0.15) is 5.76 Å². The Labute approximate surface area is 108 Å². The van der Waals surface area contributed by atoms with Gasteiger partial charge in [-0.25, -0.2) is 4.99 Å². The molecule has 0 aliphatic rings. The van der Waals surface area contributed by atoms with Gasteiger partial charge in [-0.15, -0.1) is 6.42 Å². The predicted molar refractivity (Wildman–Crippen MR) is 74.4 cm³/mol. The summed E-state index contributed by atoms with van der Waals surface area (Å²) in [5, 5.41) is 6.23. The van der Waals surface area contributed by atoms with E-state index in [1.807, 2.05) is 19.1 Å². The third-order valence-corrected chi connectivity index (χ3v) is 2.11. The van der Waals surface area contributed by atoms with Crippen LogP contribution in [0.25, 0.3) is 0 Å². The second-order valence-corrected chi connectivity index (χ2v) is 3.94. The highest BCUT2D eigenvalue weighted by atomic mass is 16.3. The van der Waals surface area contributed by atoms with Gasteiger partial charge < -0.3 is 15.1 Å². The fourth-order valence-electron chi connectivity index (χ4n) is 1.28. The Bertz CT molecular complexity index is 426. The molecule has 0 spiro atoms. The van der Waals surface area contributed by atoms with Crippen molar-refractivity contribution in [3.8, 4) is 12.3 Å². The monoisotopic (exact) mass is 245 g/mol. The van der Waals surface area contributed by atoms with Gasteiger partial charge in [0, 0.05) is 13.0 Å². The average molecular weight is 245 g/mol. The fraction of sp³-hybridized carbons (Fsp3) is 0.357. The first-order valence-corrected chi connectivity index (χ1v) is 5.84. The minimum atomic E-state index is 0.447.